The third-order valence-corrected chi connectivity index (χ3v) is 2.32. The Morgan fingerprint density at radius 2 is 1.60 bits per heavy atom. The molecule has 0 amide bonds. The average Bonchev–Trinajstić information content (AvgIpc) is 1.97. The van der Waals surface area contributed by atoms with Crippen molar-refractivity contribution in [1.29, 1.82) is 0 Å². The Kier molecular flexibility index (Phi) is 9.03. The van der Waals surface area contributed by atoms with Gasteiger partial charge < -0.3 is 4.46 Å². The van der Waals surface area contributed by atoms with E-state index in [2.05, 4.69) is 6.92 Å². The Morgan fingerprint density at radius 1 is 1.00 bits per heavy atom. The highest BCUT2D eigenvalue weighted by Crippen LogP contribution is 2.05. The standard InChI is InChI=1S/C8H18OSi/c1-2-3-4-5-6-7-8-10-9/h10H,2-8H2,1H3. The van der Waals surface area contributed by atoms with Crippen LogP contribution in [0.2, 0.25) is 6.04 Å². The second-order valence-electron chi connectivity index (χ2n) is 2.72. The van der Waals surface area contributed by atoms with Crippen molar-refractivity contribution in [3.05, 3.63) is 0 Å². The molecule has 10 heavy (non-hydrogen) atoms. The van der Waals surface area contributed by atoms with Crippen molar-refractivity contribution in [3.8, 4) is 0 Å². The maximum absolute atomic E-state index is 10.1. The molecule has 0 aromatic heterocycles. The lowest BCUT2D eigenvalue weighted by Crippen LogP contribution is -1.79. The van der Waals surface area contributed by atoms with Crippen LogP contribution in [0.25, 0.3) is 0 Å². The van der Waals surface area contributed by atoms with Gasteiger partial charge in [0, 0.05) is 0 Å². The molecule has 0 fully saturated rings. The highest BCUT2D eigenvalue weighted by atomic mass is 28.2. The summed E-state index contributed by atoms with van der Waals surface area (Å²) >= 11 is 0. The van der Waals surface area contributed by atoms with Crippen molar-refractivity contribution < 1.29 is 4.46 Å². The molecule has 0 aliphatic carbocycles. The van der Waals surface area contributed by atoms with Crippen molar-refractivity contribution >= 4 is 9.41 Å². The van der Waals surface area contributed by atoms with Crippen LogP contribution >= 0.6 is 0 Å². The van der Waals surface area contributed by atoms with Crippen LogP contribution in [-0.2, 0) is 4.46 Å². The zero-order valence-electron chi connectivity index (χ0n) is 6.94. The first-order valence-corrected chi connectivity index (χ1v) is 5.64. The largest absolute Gasteiger partial charge is 0.392 e. The van der Waals surface area contributed by atoms with Crippen LogP contribution in [0, 0.1) is 0 Å². The molecule has 0 aliphatic heterocycles. The molecule has 0 atom stereocenters. The first-order chi connectivity index (χ1) is 4.91. The summed E-state index contributed by atoms with van der Waals surface area (Å²) in [5.41, 5.74) is 0. The van der Waals surface area contributed by atoms with Crippen molar-refractivity contribution in [2.45, 2.75) is 51.5 Å². The molecule has 0 spiro atoms. The second kappa shape index (κ2) is 9.02. The topological polar surface area (TPSA) is 17.1 Å². The minimum Gasteiger partial charge on any atom is -0.392 e. The lowest BCUT2D eigenvalue weighted by molar-refractivity contribution is 0.568. The Balaban J connectivity index is 2.70. The van der Waals surface area contributed by atoms with E-state index in [0.29, 0.717) is 0 Å². The van der Waals surface area contributed by atoms with Crippen molar-refractivity contribution in [3.63, 3.8) is 0 Å². The quantitative estimate of drug-likeness (QED) is 0.411. The average molecular weight is 158 g/mol. The molecule has 0 saturated carbocycles. The van der Waals surface area contributed by atoms with Gasteiger partial charge in [-0.2, -0.15) is 0 Å². The maximum Gasteiger partial charge on any atom is 0.261 e. The summed E-state index contributed by atoms with van der Waals surface area (Å²) in [5, 5.41) is 0. The molecule has 0 aromatic rings. The van der Waals surface area contributed by atoms with Gasteiger partial charge in [-0.15, -0.1) is 0 Å². The van der Waals surface area contributed by atoms with E-state index in [4.69, 9.17) is 0 Å². The van der Waals surface area contributed by atoms with Gasteiger partial charge in [0.2, 0.25) is 0 Å². The van der Waals surface area contributed by atoms with E-state index in [1.54, 1.807) is 0 Å². The molecule has 1 nitrogen and oxygen atoms in total. The van der Waals surface area contributed by atoms with Gasteiger partial charge in [-0.25, -0.2) is 0 Å². The number of hydrogen-bond acceptors (Lipinski definition) is 1. The van der Waals surface area contributed by atoms with Crippen LogP contribution in [-0.4, -0.2) is 9.41 Å². The van der Waals surface area contributed by atoms with Crippen LogP contribution in [0.4, 0.5) is 0 Å². The Bertz CT molecular complexity index is 73.7. The van der Waals surface area contributed by atoms with Gasteiger partial charge in [0.25, 0.3) is 9.41 Å². The van der Waals surface area contributed by atoms with Crippen LogP contribution in [0.3, 0.4) is 0 Å². The van der Waals surface area contributed by atoms with Gasteiger partial charge in [0.15, 0.2) is 0 Å². The van der Waals surface area contributed by atoms with E-state index in [0.717, 1.165) is 6.04 Å². The Morgan fingerprint density at radius 3 is 2.20 bits per heavy atom. The van der Waals surface area contributed by atoms with Gasteiger partial charge in [-0.05, 0) is 6.04 Å². The SMILES string of the molecule is CCCCCCCC[SiH]=O. The molecular formula is C8H18OSi. The normalized spacial score (nSPS) is 9.70. The summed E-state index contributed by atoms with van der Waals surface area (Å²) in [4.78, 5) is 0. The fourth-order valence-electron chi connectivity index (χ4n) is 1.01. The van der Waals surface area contributed by atoms with Crippen LogP contribution in [0.15, 0.2) is 0 Å². The summed E-state index contributed by atoms with van der Waals surface area (Å²) in [5.74, 6) is 0. The fourth-order valence-corrected chi connectivity index (χ4v) is 1.46. The highest BCUT2D eigenvalue weighted by molar-refractivity contribution is 6.16. The lowest BCUT2D eigenvalue weighted by atomic mass is 10.1. The number of rotatable bonds is 7. The molecule has 0 bridgehead atoms. The van der Waals surface area contributed by atoms with Crippen molar-refractivity contribution in [1.82, 2.24) is 0 Å². The minimum absolute atomic E-state index is 0.478. The third kappa shape index (κ3) is 8.02. The van der Waals surface area contributed by atoms with Crippen LogP contribution < -0.4 is 0 Å². The molecule has 0 heterocycles. The molecule has 0 N–H and O–H groups in total. The number of unbranched alkanes of at least 4 members (excludes halogenated alkanes) is 5. The van der Waals surface area contributed by atoms with Gasteiger partial charge in [0.1, 0.15) is 0 Å². The number of hydrogen-bond donors (Lipinski definition) is 0. The monoisotopic (exact) mass is 158 g/mol. The summed E-state index contributed by atoms with van der Waals surface area (Å²) < 4.78 is 10.1. The molecule has 0 aromatic carbocycles. The van der Waals surface area contributed by atoms with Crippen LogP contribution in [0.5, 0.6) is 0 Å². The summed E-state index contributed by atoms with van der Waals surface area (Å²) in [7, 11) is -0.478. The van der Waals surface area contributed by atoms with Gasteiger partial charge in [-0.3, -0.25) is 0 Å². The molecule has 60 valence electrons. The fraction of sp³-hybridized carbons (Fsp3) is 1.00. The predicted octanol–water partition coefficient (Wildman–Crippen LogP) is 2.55. The molecule has 0 radical (unpaired) electrons. The van der Waals surface area contributed by atoms with Crippen molar-refractivity contribution in [2.75, 3.05) is 0 Å². The maximum atomic E-state index is 10.1. The van der Waals surface area contributed by atoms with E-state index in [-0.39, 0.29) is 0 Å². The van der Waals surface area contributed by atoms with Gasteiger partial charge >= 0.3 is 0 Å². The molecule has 0 unspecified atom stereocenters. The van der Waals surface area contributed by atoms with E-state index in [9.17, 15) is 4.46 Å². The molecule has 0 rings (SSSR count). The summed E-state index contributed by atoms with van der Waals surface area (Å²) in [6.45, 7) is 2.22. The zero-order valence-corrected chi connectivity index (χ0v) is 8.09. The first-order valence-electron chi connectivity index (χ1n) is 4.35. The van der Waals surface area contributed by atoms with E-state index >= 15 is 0 Å². The van der Waals surface area contributed by atoms with E-state index in [1.165, 1.54) is 38.5 Å². The summed E-state index contributed by atoms with van der Waals surface area (Å²) in [6, 6.07) is 0.964. The zero-order chi connectivity index (χ0) is 7.66. The van der Waals surface area contributed by atoms with Gasteiger partial charge in [-0.1, -0.05) is 45.4 Å². The molecule has 0 aliphatic rings. The molecule has 2 heteroatoms. The van der Waals surface area contributed by atoms with Gasteiger partial charge in [0.05, 0.1) is 0 Å². The second-order valence-corrected chi connectivity index (χ2v) is 3.63. The predicted molar refractivity (Wildman–Crippen MR) is 46.0 cm³/mol. The summed E-state index contributed by atoms with van der Waals surface area (Å²) in [6.07, 6.45) is 7.85. The lowest BCUT2D eigenvalue weighted by Gasteiger charge is -1.95. The highest BCUT2D eigenvalue weighted by Gasteiger charge is 1.88. The smallest absolute Gasteiger partial charge is 0.261 e. The van der Waals surface area contributed by atoms with Crippen LogP contribution in [0.1, 0.15) is 45.4 Å². The minimum atomic E-state index is -0.478. The Labute approximate surface area is 66.1 Å². The van der Waals surface area contributed by atoms with E-state index in [1.807, 2.05) is 0 Å². The third-order valence-electron chi connectivity index (χ3n) is 1.68. The van der Waals surface area contributed by atoms with E-state index < -0.39 is 9.41 Å². The molecular weight excluding hydrogens is 140 g/mol. The van der Waals surface area contributed by atoms with Crippen molar-refractivity contribution in [2.24, 2.45) is 0 Å². The first kappa shape index (κ1) is 10.0. The Hall–Kier alpha value is 0.0169. The molecule has 0 saturated heterocycles.